The molecule has 1 atom stereocenters. The van der Waals surface area contributed by atoms with Gasteiger partial charge in [0.2, 0.25) is 0 Å². The molecule has 1 unspecified atom stereocenters. The molecule has 126 valence electrons. The maximum absolute atomic E-state index is 12.2. The number of hydrogen-bond donors (Lipinski definition) is 1. The number of nitrogens with one attached hydrogen (secondary N) is 1. The summed E-state index contributed by atoms with van der Waals surface area (Å²) in [5.41, 5.74) is 0.899. The van der Waals surface area contributed by atoms with Crippen molar-refractivity contribution in [3.05, 3.63) is 36.0 Å². The zero-order valence-electron chi connectivity index (χ0n) is 13.4. The summed E-state index contributed by atoms with van der Waals surface area (Å²) in [7, 11) is -1.41. The Balaban J connectivity index is 1.95. The number of nitrogens with zero attached hydrogens (tertiary/aromatic N) is 1. The van der Waals surface area contributed by atoms with Crippen LogP contribution < -0.4 is 10.1 Å². The van der Waals surface area contributed by atoms with Crippen LogP contribution in [0.5, 0.6) is 5.75 Å². The third-order valence-electron chi connectivity index (χ3n) is 3.83. The highest BCUT2D eigenvalue weighted by molar-refractivity contribution is 7.91. The summed E-state index contributed by atoms with van der Waals surface area (Å²) in [5, 5.41) is 2.69. The minimum Gasteiger partial charge on any atom is -0.497 e. The Labute approximate surface area is 137 Å². The molecular formula is C16H22N2O4S. The largest absolute Gasteiger partial charge is 0.497 e. The lowest BCUT2D eigenvalue weighted by Gasteiger charge is -2.26. The number of rotatable bonds is 5. The quantitative estimate of drug-likeness (QED) is 0.889. The molecule has 7 heteroatoms. The monoisotopic (exact) mass is 338 g/mol. The number of sulfone groups is 1. The first-order valence-electron chi connectivity index (χ1n) is 7.53. The van der Waals surface area contributed by atoms with Crippen LogP contribution in [0.25, 0.3) is 6.08 Å². The van der Waals surface area contributed by atoms with Gasteiger partial charge in [-0.25, -0.2) is 13.2 Å². The van der Waals surface area contributed by atoms with Gasteiger partial charge in [0.15, 0.2) is 9.84 Å². The van der Waals surface area contributed by atoms with Crippen LogP contribution in [0.15, 0.2) is 30.5 Å². The van der Waals surface area contributed by atoms with E-state index < -0.39 is 9.84 Å². The number of methoxy groups -OCH3 is 1. The van der Waals surface area contributed by atoms with Crippen LogP contribution in [0, 0.1) is 0 Å². The second-order valence-corrected chi connectivity index (χ2v) is 7.63. The summed E-state index contributed by atoms with van der Waals surface area (Å²) in [6.45, 7) is 2.31. The third kappa shape index (κ3) is 4.72. The van der Waals surface area contributed by atoms with Gasteiger partial charge < -0.3 is 15.0 Å². The Bertz CT molecular complexity index is 685. The topological polar surface area (TPSA) is 75.7 Å². The van der Waals surface area contributed by atoms with Crippen molar-refractivity contribution in [2.45, 2.75) is 19.4 Å². The first kappa shape index (κ1) is 17.3. The summed E-state index contributed by atoms with van der Waals surface area (Å²) >= 11 is 0. The predicted octanol–water partition coefficient (Wildman–Crippen LogP) is 1.88. The van der Waals surface area contributed by atoms with Crippen molar-refractivity contribution in [3.63, 3.8) is 0 Å². The van der Waals surface area contributed by atoms with Crippen molar-refractivity contribution in [2.24, 2.45) is 0 Å². The van der Waals surface area contributed by atoms with Gasteiger partial charge in [-0.15, -0.1) is 0 Å². The highest BCUT2D eigenvalue weighted by Gasteiger charge is 2.33. The lowest BCUT2D eigenvalue weighted by Crippen LogP contribution is -2.45. The van der Waals surface area contributed by atoms with E-state index >= 15 is 0 Å². The fraction of sp³-hybridized carbons (Fsp3) is 0.438. The normalized spacial score (nSPS) is 19.7. The van der Waals surface area contributed by atoms with E-state index in [9.17, 15) is 13.2 Å². The molecule has 0 saturated carbocycles. The summed E-state index contributed by atoms with van der Waals surface area (Å²) < 4.78 is 28.3. The van der Waals surface area contributed by atoms with Crippen LogP contribution >= 0.6 is 0 Å². The standard InChI is InChI=1S/C16H22N2O4S/c1-3-18(14-8-10-23(20,21)12-14)16(19)17-9-7-13-5-4-6-15(11-13)22-2/h4-7,9,11,14H,3,8,10,12H2,1-2H3,(H,17,19)/b9-7+. The number of carbonyl (C=O) groups excluding carboxylic acids is 1. The van der Waals surface area contributed by atoms with Crippen molar-refractivity contribution in [1.29, 1.82) is 0 Å². The Morgan fingerprint density at radius 2 is 2.26 bits per heavy atom. The van der Waals surface area contributed by atoms with E-state index in [0.717, 1.165) is 11.3 Å². The van der Waals surface area contributed by atoms with Crippen molar-refractivity contribution in [1.82, 2.24) is 10.2 Å². The minimum absolute atomic E-state index is 0.0495. The van der Waals surface area contributed by atoms with Gasteiger partial charge in [0.05, 0.1) is 18.6 Å². The first-order chi connectivity index (χ1) is 10.9. The molecule has 2 amide bonds. The zero-order valence-corrected chi connectivity index (χ0v) is 14.2. The van der Waals surface area contributed by atoms with Gasteiger partial charge in [0, 0.05) is 18.8 Å². The summed E-state index contributed by atoms with van der Waals surface area (Å²) in [4.78, 5) is 13.8. The van der Waals surface area contributed by atoms with E-state index in [1.807, 2.05) is 31.2 Å². The maximum Gasteiger partial charge on any atom is 0.321 e. The van der Waals surface area contributed by atoms with Gasteiger partial charge in [0.25, 0.3) is 0 Å². The zero-order chi connectivity index (χ0) is 16.9. The molecule has 1 saturated heterocycles. The SMILES string of the molecule is CCN(C(=O)N/C=C/c1cccc(OC)c1)C1CCS(=O)(=O)C1. The minimum atomic E-state index is -3.01. The van der Waals surface area contributed by atoms with Gasteiger partial charge in [-0.3, -0.25) is 0 Å². The maximum atomic E-state index is 12.2. The summed E-state index contributed by atoms with van der Waals surface area (Å²) in [6.07, 6.45) is 3.83. The fourth-order valence-electron chi connectivity index (χ4n) is 2.63. The van der Waals surface area contributed by atoms with E-state index in [-0.39, 0.29) is 23.6 Å². The van der Waals surface area contributed by atoms with Gasteiger partial charge >= 0.3 is 6.03 Å². The molecule has 0 aromatic heterocycles. The number of amides is 2. The van der Waals surface area contributed by atoms with Gasteiger partial charge in [0.1, 0.15) is 5.75 Å². The third-order valence-corrected chi connectivity index (χ3v) is 5.58. The molecule has 1 aromatic rings. The van der Waals surface area contributed by atoms with Crippen molar-refractivity contribution < 1.29 is 17.9 Å². The van der Waals surface area contributed by atoms with Crippen molar-refractivity contribution in [2.75, 3.05) is 25.2 Å². The van der Waals surface area contributed by atoms with Gasteiger partial charge in [-0.05, 0) is 37.1 Å². The molecule has 2 rings (SSSR count). The average Bonchev–Trinajstić information content (AvgIpc) is 2.88. The van der Waals surface area contributed by atoms with E-state index in [0.29, 0.717) is 13.0 Å². The van der Waals surface area contributed by atoms with Crippen LogP contribution in [0.2, 0.25) is 0 Å². The highest BCUT2D eigenvalue weighted by Crippen LogP contribution is 2.18. The van der Waals surface area contributed by atoms with Crippen molar-refractivity contribution in [3.8, 4) is 5.75 Å². The average molecular weight is 338 g/mol. The molecule has 1 heterocycles. The second kappa shape index (κ2) is 7.50. The Kier molecular flexibility index (Phi) is 5.65. The van der Waals surface area contributed by atoms with Gasteiger partial charge in [-0.2, -0.15) is 0 Å². The number of hydrogen-bond acceptors (Lipinski definition) is 4. The molecule has 1 N–H and O–H groups in total. The van der Waals surface area contributed by atoms with Crippen LogP contribution in [0.4, 0.5) is 4.79 Å². The molecule has 0 spiro atoms. The number of benzene rings is 1. The van der Waals surface area contributed by atoms with Crippen LogP contribution in [-0.4, -0.2) is 50.6 Å². The molecular weight excluding hydrogens is 316 g/mol. The molecule has 1 aromatic carbocycles. The predicted molar refractivity (Wildman–Crippen MR) is 90.0 cm³/mol. The number of ether oxygens (including phenoxy) is 1. The molecule has 0 aliphatic carbocycles. The first-order valence-corrected chi connectivity index (χ1v) is 9.35. The number of urea groups is 1. The van der Waals surface area contributed by atoms with Gasteiger partial charge in [-0.1, -0.05) is 12.1 Å². The van der Waals surface area contributed by atoms with Crippen LogP contribution in [0.1, 0.15) is 18.9 Å². The van der Waals surface area contributed by atoms with E-state index in [1.54, 1.807) is 24.3 Å². The number of carbonyl (C=O) groups is 1. The Morgan fingerprint density at radius 3 is 2.87 bits per heavy atom. The summed E-state index contributed by atoms with van der Waals surface area (Å²) in [5.74, 6) is 0.944. The molecule has 0 radical (unpaired) electrons. The van der Waals surface area contributed by atoms with Crippen molar-refractivity contribution >= 4 is 21.9 Å². The Hall–Kier alpha value is -2.02. The fourth-order valence-corrected chi connectivity index (χ4v) is 4.36. The lowest BCUT2D eigenvalue weighted by molar-refractivity contribution is 0.187. The molecule has 1 fully saturated rings. The molecule has 23 heavy (non-hydrogen) atoms. The van der Waals surface area contributed by atoms with Crippen LogP contribution in [0.3, 0.4) is 0 Å². The van der Waals surface area contributed by atoms with E-state index in [4.69, 9.17) is 4.74 Å². The molecule has 1 aliphatic rings. The molecule has 0 bridgehead atoms. The molecule has 6 nitrogen and oxygen atoms in total. The van der Waals surface area contributed by atoms with E-state index in [2.05, 4.69) is 5.32 Å². The second-order valence-electron chi connectivity index (χ2n) is 5.40. The Morgan fingerprint density at radius 1 is 1.48 bits per heavy atom. The lowest BCUT2D eigenvalue weighted by atomic mass is 10.2. The smallest absolute Gasteiger partial charge is 0.321 e. The van der Waals surface area contributed by atoms with E-state index in [1.165, 1.54) is 0 Å². The summed E-state index contributed by atoms with van der Waals surface area (Å²) in [6, 6.07) is 6.93. The highest BCUT2D eigenvalue weighted by atomic mass is 32.2. The molecule has 1 aliphatic heterocycles. The van der Waals surface area contributed by atoms with Crippen LogP contribution in [-0.2, 0) is 9.84 Å².